The Bertz CT molecular complexity index is 4640. The average Bonchev–Trinajstić information content (AvgIpc) is 1.64. The molecular formula is C74H49B2N5OS3. The number of benzene rings is 10. The van der Waals surface area contributed by atoms with Gasteiger partial charge >= 0.3 is 0 Å². The fraction of sp³-hybridized carbons (Fsp3) is 0.0270. The number of thioether (sulfide) groups is 1. The molecule has 1 aliphatic carbocycles. The van der Waals surface area contributed by atoms with Crippen molar-refractivity contribution in [3.05, 3.63) is 296 Å². The molecule has 0 fully saturated rings. The zero-order chi connectivity index (χ0) is 55.7. The van der Waals surface area contributed by atoms with Crippen LogP contribution in [0.2, 0.25) is 0 Å². The highest BCUT2D eigenvalue weighted by atomic mass is 32.2. The molecule has 2 atom stereocenters. The SMILES string of the molecule is C1=CC2SC3=C(C2C=C1)N(c1ccccc1)c1cc(N(c2ccccc2)c2ccccc2)cc2c1B3c1sc3c(c1N2c1ccccc1)Oc1cc(N(c2ccccc2)c2ccccc2)cc2c1B3c1sc3ccccc3c1N2c1ccccc1. The summed E-state index contributed by atoms with van der Waals surface area (Å²) in [6.07, 6.45) is 9.38. The van der Waals surface area contributed by atoms with Crippen LogP contribution in [0.1, 0.15) is 0 Å². The van der Waals surface area contributed by atoms with Crippen molar-refractivity contribution < 1.29 is 4.74 Å². The predicted octanol–water partition coefficient (Wildman–Crippen LogP) is 17.5. The van der Waals surface area contributed by atoms with E-state index in [0.29, 0.717) is 0 Å². The van der Waals surface area contributed by atoms with Gasteiger partial charge in [-0.2, -0.15) is 11.3 Å². The van der Waals surface area contributed by atoms with Gasteiger partial charge in [-0.1, -0.05) is 170 Å². The number of fused-ring (bicyclic) bond motifs is 12. The van der Waals surface area contributed by atoms with Crippen LogP contribution in [0.4, 0.5) is 79.6 Å². The van der Waals surface area contributed by atoms with E-state index in [1.807, 2.05) is 22.7 Å². The minimum Gasteiger partial charge on any atom is -0.455 e. The van der Waals surface area contributed by atoms with Crippen molar-refractivity contribution in [1.29, 1.82) is 0 Å². The Kier molecular flexibility index (Phi) is 11.2. The lowest BCUT2D eigenvalue weighted by atomic mass is 9.38. The number of nitrogens with zero attached hydrogens (tertiary/aromatic N) is 5. The van der Waals surface area contributed by atoms with Crippen LogP contribution < -0.4 is 54.5 Å². The van der Waals surface area contributed by atoms with Crippen molar-refractivity contribution in [3.63, 3.8) is 0 Å². The number of thiophene rings is 2. The van der Waals surface area contributed by atoms with E-state index in [-0.39, 0.29) is 24.6 Å². The topological polar surface area (TPSA) is 25.4 Å². The van der Waals surface area contributed by atoms with Crippen molar-refractivity contribution in [2.75, 3.05) is 24.5 Å². The minimum atomic E-state index is -0.141. The molecule has 10 aromatic carbocycles. The summed E-state index contributed by atoms with van der Waals surface area (Å²) in [5, 5.41) is 1.48. The van der Waals surface area contributed by atoms with Crippen molar-refractivity contribution >= 4 is 163 Å². The molecule has 18 rings (SSSR count). The molecule has 0 amide bonds. The Labute approximate surface area is 506 Å². The van der Waals surface area contributed by atoms with Crippen LogP contribution >= 0.6 is 34.4 Å². The van der Waals surface area contributed by atoms with E-state index in [9.17, 15) is 0 Å². The van der Waals surface area contributed by atoms with Crippen molar-refractivity contribution in [2.45, 2.75) is 5.25 Å². The molecule has 6 nitrogen and oxygen atoms in total. The molecule has 0 bridgehead atoms. The standard InChI is InChI=1S/C74H49B2N5OS3/c1-8-26-48(27-9-1)77(49-28-10-2-11-29-49)55-44-59-65-60(45-55)81(54-38-20-7-21-39-54)69-70-74(85-73(69)75(65)71-67(57-40-22-24-42-63(57)83-71)79(59)52-34-16-5-17-35-52)76-66-61(80(53-36-18-6-19-37-53)68-58-41-23-25-43-64(58)84-72(68)76)46-56(47-62(66)82-70)78(50-30-12-3-13-31-50)51-32-14-4-15-33-51/h1-47,57,63H. The lowest BCUT2D eigenvalue weighted by molar-refractivity contribution is 0.491. The highest BCUT2D eigenvalue weighted by Gasteiger charge is 2.55. The number of anilines is 14. The molecule has 7 heterocycles. The average molecular weight is 1140 g/mol. The van der Waals surface area contributed by atoms with Gasteiger partial charge < -0.3 is 29.2 Å². The van der Waals surface area contributed by atoms with Crippen LogP contribution in [0, 0.1) is 5.92 Å². The summed E-state index contributed by atoms with van der Waals surface area (Å²) < 4.78 is 13.2. The second kappa shape index (κ2) is 19.5. The van der Waals surface area contributed by atoms with Crippen LogP contribution in [0.3, 0.4) is 0 Å². The molecule has 6 aliphatic rings. The number of hydrogen-bond donors (Lipinski definition) is 0. The van der Waals surface area contributed by atoms with Crippen LogP contribution in [0.5, 0.6) is 11.5 Å². The molecule has 2 aromatic heterocycles. The first kappa shape index (κ1) is 48.8. The maximum atomic E-state index is 8.07. The van der Waals surface area contributed by atoms with E-state index in [4.69, 9.17) is 4.74 Å². The Morgan fingerprint density at radius 1 is 0.388 bits per heavy atom. The third kappa shape index (κ3) is 7.47. The van der Waals surface area contributed by atoms with Crippen molar-refractivity contribution in [2.24, 2.45) is 5.92 Å². The third-order valence-electron chi connectivity index (χ3n) is 17.5. The van der Waals surface area contributed by atoms with E-state index < -0.39 is 0 Å². The van der Waals surface area contributed by atoms with Crippen LogP contribution in [0.25, 0.3) is 10.1 Å². The first-order chi connectivity index (χ1) is 42.2. The lowest BCUT2D eigenvalue weighted by Gasteiger charge is -2.44. The molecule has 0 N–H and O–H groups in total. The van der Waals surface area contributed by atoms with E-state index in [1.54, 1.807) is 0 Å². The van der Waals surface area contributed by atoms with E-state index in [1.165, 1.54) is 57.2 Å². The second-order valence-electron chi connectivity index (χ2n) is 22.2. The monoisotopic (exact) mass is 1140 g/mol. The van der Waals surface area contributed by atoms with Crippen molar-refractivity contribution in [3.8, 4) is 11.5 Å². The van der Waals surface area contributed by atoms with Crippen LogP contribution in [-0.2, 0) is 0 Å². The third-order valence-corrected chi connectivity index (χ3v) is 21.4. The molecule has 85 heavy (non-hydrogen) atoms. The minimum absolute atomic E-state index is 0.0986. The first-order valence-electron chi connectivity index (χ1n) is 29.1. The molecule has 0 radical (unpaired) electrons. The maximum absolute atomic E-state index is 8.07. The number of hydrogen-bond acceptors (Lipinski definition) is 9. The molecule has 11 heteroatoms. The summed E-state index contributed by atoms with van der Waals surface area (Å²) in [6.45, 7) is -0.240. The van der Waals surface area contributed by atoms with Crippen molar-refractivity contribution in [1.82, 2.24) is 0 Å². The molecule has 0 saturated carbocycles. The van der Waals surface area contributed by atoms with Gasteiger partial charge in [0.1, 0.15) is 5.75 Å². The zero-order valence-electron chi connectivity index (χ0n) is 45.8. The van der Waals surface area contributed by atoms with E-state index in [2.05, 4.69) is 321 Å². The quantitative estimate of drug-likeness (QED) is 0.133. The summed E-state index contributed by atoms with van der Waals surface area (Å²) in [5.74, 6) is 1.92. The Hall–Kier alpha value is -9.64. The van der Waals surface area contributed by atoms with Gasteiger partial charge in [-0.05, 0) is 125 Å². The highest BCUT2D eigenvalue weighted by Crippen LogP contribution is 2.59. The van der Waals surface area contributed by atoms with Gasteiger partial charge in [0, 0.05) is 104 Å². The fourth-order valence-corrected chi connectivity index (χ4v) is 18.6. The summed E-state index contributed by atoms with van der Waals surface area (Å²) >= 11 is 5.95. The fourth-order valence-electron chi connectivity index (χ4n) is 14.1. The van der Waals surface area contributed by atoms with Gasteiger partial charge in [0.25, 0.3) is 13.4 Å². The lowest BCUT2D eigenvalue weighted by Crippen LogP contribution is -2.57. The Morgan fingerprint density at radius 3 is 1.40 bits per heavy atom. The predicted molar refractivity (Wildman–Crippen MR) is 363 cm³/mol. The maximum Gasteiger partial charge on any atom is 0.281 e. The number of allylic oxidation sites excluding steroid dienone is 3. The normalized spacial score (nSPS) is 16.3. The number of para-hydroxylation sites is 7. The van der Waals surface area contributed by atoms with Gasteiger partial charge in [-0.25, -0.2) is 0 Å². The summed E-state index contributed by atoms with van der Waals surface area (Å²) in [7, 11) is 0. The van der Waals surface area contributed by atoms with Gasteiger partial charge in [0.05, 0.1) is 22.7 Å². The van der Waals surface area contributed by atoms with Crippen LogP contribution in [0.15, 0.2) is 296 Å². The summed E-state index contributed by atoms with van der Waals surface area (Å²) in [4.78, 5) is 13.9. The smallest absolute Gasteiger partial charge is 0.281 e. The largest absolute Gasteiger partial charge is 0.455 e. The first-order valence-corrected chi connectivity index (χ1v) is 31.6. The van der Waals surface area contributed by atoms with E-state index >= 15 is 0 Å². The van der Waals surface area contributed by atoms with Gasteiger partial charge in [0.15, 0.2) is 5.75 Å². The molecule has 5 aliphatic heterocycles. The summed E-state index contributed by atoms with van der Waals surface area (Å²) in [5.41, 5.74) is 19.3. The Balaban J connectivity index is 0.959. The highest BCUT2D eigenvalue weighted by molar-refractivity contribution is 8.06. The molecule has 12 aromatic rings. The molecular weight excluding hydrogens is 1090 g/mol. The Morgan fingerprint density at radius 2 is 0.835 bits per heavy atom. The number of ether oxygens (including phenoxy) is 1. The van der Waals surface area contributed by atoms with Crippen LogP contribution in [-0.4, -0.2) is 18.7 Å². The molecule has 400 valence electrons. The number of rotatable bonds is 9. The van der Waals surface area contributed by atoms with E-state index in [0.717, 1.165) is 79.7 Å². The van der Waals surface area contributed by atoms with Gasteiger partial charge in [0.2, 0.25) is 0 Å². The molecule has 2 unspecified atom stereocenters. The van der Waals surface area contributed by atoms with Gasteiger partial charge in [-0.15, -0.1) is 23.1 Å². The summed E-state index contributed by atoms with van der Waals surface area (Å²) in [6, 6.07) is 95.1. The molecule has 0 spiro atoms. The zero-order valence-corrected chi connectivity index (χ0v) is 48.3. The van der Waals surface area contributed by atoms with Gasteiger partial charge in [-0.3, -0.25) is 0 Å². The molecule has 0 saturated heterocycles. The second-order valence-corrected chi connectivity index (χ2v) is 25.6.